The fourth-order valence-electron chi connectivity index (χ4n) is 3.93. The number of unbranched alkanes of at least 4 members (excludes halogenated alkanes) is 1. The molecule has 0 bridgehead atoms. The molecule has 44 heavy (non-hydrogen) atoms. The van der Waals surface area contributed by atoms with E-state index >= 15 is 0 Å². The van der Waals surface area contributed by atoms with Gasteiger partial charge in [0.1, 0.15) is 24.2 Å². The van der Waals surface area contributed by atoms with Crippen LogP contribution in [0.15, 0.2) is 9.98 Å². The maximum absolute atomic E-state index is 13.2. The van der Waals surface area contributed by atoms with Gasteiger partial charge in [-0.15, -0.1) is 0 Å². The summed E-state index contributed by atoms with van der Waals surface area (Å²) in [5.74, 6) is -3.76. The molecular weight excluding hydrogens is 574 g/mol. The van der Waals surface area contributed by atoms with Crippen molar-refractivity contribution in [3.8, 4) is 0 Å². The molecule has 0 fully saturated rings. The molecule has 0 unspecified atom stereocenters. The van der Waals surface area contributed by atoms with E-state index in [-0.39, 0.29) is 43.8 Å². The molecule has 0 radical (unpaired) electrons. The van der Waals surface area contributed by atoms with Crippen LogP contribution in [0, 0.1) is 5.92 Å². The molecule has 0 rings (SSSR count). The molecule has 0 aromatic rings. The smallest absolute Gasteiger partial charge is 0.243 e. The molecule has 5 amide bonds. The number of hydrogen-bond donors (Lipinski definition) is 11. The minimum absolute atomic E-state index is 0.0767. The van der Waals surface area contributed by atoms with Gasteiger partial charge in [0.2, 0.25) is 29.5 Å². The van der Waals surface area contributed by atoms with E-state index in [0.717, 1.165) is 0 Å². The summed E-state index contributed by atoms with van der Waals surface area (Å²) in [4.78, 5) is 71.4. The van der Waals surface area contributed by atoms with Gasteiger partial charge in [-0.1, -0.05) is 13.8 Å². The molecule has 0 aromatic heterocycles. The molecule has 0 aliphatic carbocycles. The molecule has 18 heteroatoms. The Morgan fingerprint density at radius 3 is 1.64 bits per heavy atom. The molecule has 5 atom stereocenters. The molecular formula is C26H53N13O5. The van der Waals surface area contributed by atoms with Gasteiger partial charge < -0.3 is 61.4 Å². The number of guanidine groups is 2. The Bertz CT molecular complexity index is 997. The Labute approximate surface area is 258 Å². The molecule has 0 saturated carbocycles. The highest BCUT2D eigenvalue weighted by molar-refractivity contribution is 5.95. The first-order valence-electron chi connectivity index (χ1n) is 14.7. The van der Waals surface area contributed by atoms with E-state index in [1.54, 1.807) is 13.8 Å². The van der Waals surface area contributed by atoms with Crippen LogP contribution in [0.1, 0.15) is 65.7 Å². The van der Waals surface area contributed by atoms with Gasteiger partial charge in [0.05, 0.1) is 6.04 Å². The van der Waals surface area contributed by atoms with Crippen LogP contribution in [0.3, 0.4) is 0 Å². The molecule has 252 valence electrons. The van der Waals surface area contributed by atoms with Crippen LogP contribution < -0.4 is 61.4 Å². The monoisotopic (exact) mass is 627 g/mol. The SMILES string of the molecule is CC(C)[C@H](NC(=O)[C@H](C)NC(=O)[C@@H](CCCN=C(N)N)NC(=O)[C@H](N)CCCN=C(N)N)C(=O)N[C@@H](CCCCN)C(N)=O. The van der Waals surface area contributed by atoms with Crippen molar-refractivity contribution in [1.29, 1.82) is 0 Å². The van der Waals surface area contributed by atoms with E-state index in [1.165, 1.54) is 6.92 Å². The third-order valence-electron chi connectivity index (χ3n) is 6.49. The van der Waals surface area contributed by atoms with Crippen LogP contribution >= 0.6 is 0 Å². The average molecular weight is 628 g/mol. The van der Waals surface area contributed by atoms with Crippen LogP contribution in [0.4, 0.5) is 0 Å². The summed E-state index contributed by atoms with van der Waals surface area (Å²) in [6.07, 6.45) is 2.70. The van der Waals surface area contributed by atoms with Crippen LogP contribution in [0.25, 0.3) is 0 Å². The molecule has 18 N–H and O–H groups in total. The first-order valence-corrected chi connectivity index (χ1v) is 14.7. The van der Waals surface area contributed by atoms with Crippen molar-refractivity contribution in [3.05, 3.63) is 0 Å². The number of aliphatic imine (C=N–C) groups is 2. The Kier molecular flexibility index (Phi) is 19.4. The Morgan fingerprint density at radius 1 is 0.614 bits per heavy atom. The number of carbonyl (C=O) groups excluding carboxylic acids is 5. The molecule has 0 aliphatic heterocycles. The minimum atomic E-state index is -1.10. The zero-order chi connectivity index (χ0) is 33.8. The fourth-order valence-corrected chi connectivity index (χ4v) is 3.93. The summed E-state index contributed by atoms with van der Waals surface area (Å²) >= 11 is 0. The fraction of sp³-hybridized carbons (Fsp3) is 0.731. The lowest BCUT2D eigenvalue weighted by Crippen LogP contribution is -2.59. The predicted octanol–water partition coefficient (Wildman–Crippen LogP) is -4.35. The van der Waals surface area contributed by atoms with Gasteiger partial charge in [0.15, 0.2) is 11.9 Å². The molecule has 0 spiro atoms. The summed E-state index contributed by atoms with van der Waals surface area (Å²) in [5, 5.41) is 10.4. The zero-order valence-electron chi connectivity index (χ0n) is 26.0. The van der Waals surface area contributed by atoms with Gasteiger partial charge in [0.25, 0.3) is 0 Å². The lowest BCUT2D eigenvalue weighted by molar-refractivity contribution is -0.135. The van der Waals surface area contributed by atoms with Crippen molar-refractivity contribution < 1.29 is 24.0 Å². The minimum Gasteiger partial charge on any atom is -0.370 e. The van der Waals surface area contributed by atoms with Crippen LogP contribution in [-0.2, 0) is 24.0 Å². The van der Waals surface area contributed by atoms with Crippen molar-refractivity contribution >= 4 is 41.5 Å². The molecule has 0 aliphatic rings. The highest BCUT2D eigenvalue weighted by atomic mass is 16.2. The van der Waals surface area contributed by atoms with Crippen molar-refractivity contribution in [2.24, 2.45) is 56.0 Å². The summed E-state index contributed by atoms with van der Waals surface area (Å²) in [6.45, 7) is 5.77. The van der Waals surface area contributed by atoms with Gasteiger partial charge in [-0.3, -0.25) is 34.0 Å². The number of primary amides is 1. The third-order valence-corrected chi connectivity index (χ3v) is 6.49. The lowest BCUT2D eigenvalue weighted by atomic mass is 10.0. The number of rotatable bonds is 22. The van der Waals surface area contributed by atoms with Crippen molar-refractivity contribution in [2.45, 2.75) is 95.9 Å². The summed E-state index contributed by atoms with van der Waals surface area (Å²) < 4.78 is 0. The van der Waals surface area contributed by atoms with Gasteiger partial charge in [0, 0.05) is 13.1 Å². The van der Waals surface area contributed by atoms with Gasteiger partial charge in [-0.05, 0) is 64.3 Å². The number of hydrogen-bond acceptors (Lipinski definition) is 9. The average Bonchev–Trinajstić information content (AvgIpc) is 2.93. The zero-order valence-corrected chi connectivity index (χ0v) is 26.0. The Hall–Kier alpha value is -4.19. The van der Waals surface area contributed by atoms with Gasteiger partial charge in [-0.25, -0.2) is 0 Å². The maximum atomic E-state index is 13.2. The van der Waals surface area contributed by atoms with E-state index in [0.29, 0.717) is 38.6 Å². The molecule has 0 heterocycles. The predicted molar refractivity (Wildman–Crippen MR) is 168 cm³/mol. The number of nitrogens with two attached hydrogens (primary N) is 7. The van der Waals surface area contributed by atoms with E-state index < -0.39 is 59.7 Å². The van der Waals surface area contributed by atoms with Crippen LogP contribution in [0.5, 0.6) is 0 Å². The highest BCUT2D eigenvalue weighted by Gasteiger charge is 2.31. The summed E-state index contributed by atoms with van der Waals surface area (Å²) in [6, 6.07) is -5.05. The number of nitrogens with one attached hydrogen (secondary N) is 4. The summed E-state index contributed by atoms with van der Waals surface area (Å²) in [7, 11) is 0. The first kappa shape index (κ1) is 39.8. The number of carbonyl (C=O) groups is 5. The largest absolute Gasteiger partial charge is 0.370 e. The van der Waals surface area contributed by atoms with Crippen LogP contribution in [0.2, 0.25) is 0 Å². The molecule has 18 nitrogen and oxygen atoms in total. The normalized spacial score (nSPS) is 14.2. The van der Waals surface area contributed by atoms with Gasteiger partial charge in [-0.2, -0.15) is 0 Å². The number of amides is 5. The Morgan fingerprint density at radius 2 is 1.14 bits per heavy atom. The van der Waals surface area contributed by atoms with Crippen molar-refractivity contribution in [3.63, 3.8) is 0 Å². The highest BCUT2D eigenvalue weighted by Crippen LogP contribution is 2.07. The number of nitrogens with zero attached hydrogens (tertiary/aromatic N) is 2. The van der Waals surface area contributed by atoms with Crippen LogP contribution in [-0.4, -0.2) is 91.3 Å². The maximum Gasteiger partial charge on any atom is 0.243 e. The standard InChI is InChI=1S/C26H53N13O5/c1-14(2)19(24(44)37-17(20(29)40)9-4-5-11-27)39-21(41)15(3)36-23(43)18(10-7-13-35-26(32)33)38-22(42)16(28)8-6-12-34-25(30)31/h14-19H,4-13,27-28H2,1-3H3,(H2,29,40)(H,36,43)(H,37,44)(H,38,42)(H,39,41)(H4,30,31,34)(H4,32,33,35)/t15-,16+,17-,18+,19-/m0/s1. The molecule has 0 aromatic carbocycles. The second kappa shape index (κ2) is 21.5. The van der Waals surface area contributed by atoms with Crippen molar-refractivity contribution in [1.82, 2.24) is 21.3 Å². The lowest BCUT2D eigenvalue weighted by Gasteiger charge is -2.27. The van der Waals surface area contributed by atoms with E-state index in [4.69, 9.17) is 40.1 Å². The second-order valence-corrected chi connectivity index (χ2v) is 10.8. The second-order valence-electron chi connectivity index (χ2n) is 10.8. The van der Waals surface area contributed by atoms with E-state index in [1.807, 2.05) is 0 Å². The first-order chi connectivity index (χ1) is 20.6. The van der Waals surface area contributed by atoms with Gasteiger partial charge >= 0.3 is 0 Å². The van der Waals surface area contributed by atoms with E-state index in [9.17, 15) is 24.0 Å². The molecule has 0 saturated heterocycles. The van der Waals surface area contributed by atoms with Crippen molar-refractivity contribution in [2.75, 3.05) is 19.6 Å². The topological polar surface area (TPSA) is 340 Å². The quantitative estimate of drug-likeness (QED) is 0.0309. The van der Waals surface area contributed by atoms with E-state index in [2.05, 4.69) is 31.3 Å². The Balaban J connectivity index is 5.43. The third kappa shape index (κ3) is 17.1. The summed E-state index contributed by atoms with van der Waals surface area (Å²) in [5.41, 5.74) is 38.2.